The van der Waals surface area contributed by atoms with Crippen LogP contribution in [-0.2, 0) is 0 Å². The largest absolute Gasteiger partial charge is 0.491 e. The maximum Gasteiger partial charge on any atom is 0.142 e. The predicted octanol–water partition coefficient (Wildman–Crippen LogP) is 2.35. The summed E-state index contributed by atoms with van der Waals surface area (Å²) < 4.78 is 17.7. The Morgan fingerprint density at radius 1 is 1.28 bits per heavy atom. The standard InChI is InChI=1S/C14H21FN2O/c15-8-3-11-18-14-5-2-1-4-13(14)17-9-6-12(16)7-10-17/h1-2,4-5,12H,3,6-11,16H2. The van der Waals surface area contributed by atoms with Crippen LogP contribution in [0, 0.1) is 0 Å². The number of hydrogen-bond donors (Lipinski definition) is 1. The topological polar surface area (TPSA) is 38.5 Å². The lowest BCUT2D eigenvalue weighted by molar-refractivity contribution is 0.289. The lowest BCUT2D eigenvalue weighted by Crippen LogP contribution is -2.39. The van der Waals surface area contributed by atoms with Crippen molar-refractivity contribution < 1.29 is 9.13 Å². The van der Waals surface area contributed by atoms with Crippen LogP contribution < -0.4 is 15.4 Å². The van der Waals surface area contributed by atoms with Gasteiger partial charge >= 0.3 is 0 Å². The van der Waals surface area contributed by atoms with Gasteiger partial charge in [0.2, 0.25) is 0 Å². The summed E-state index contributed by atoms with van der Waals surface area (Å²) in [6.45, 7) is 2.02. The minimum absolute atomic E-state index is 0.320. The molecule has 0 saturated carbocycles. The molecule has 0 aromatic heterocycles. The Labute approximate surface area is 108 Å². The second kappa shape index (κ2) is 6.59. The van der Waals surface area contributed by atoms with Gasteiger partial charge in [-0.15, -0.1) is 0 Å². The highest BCUT2D eigenvalue weighted by atomic mass is 19.1. The van der Waals surface area contributed by atoms with Crippen LogP contribution in [0.15, 0.2) is 24.3 Å². The minimum atomic E-state index is -0.333. The Morgan fingerprint density at radius 2 is 2.00 bits per heavy atom. The average molecular weight is 252 g/mol. The first kappa shape index (κ1) is 13.1. The lowest BCUT2D eigenvalue weighted by atomic mass is 10.1. The summed E-state index contributed by atoms with van der Waals surface area (Å²) in [6, 6.07) is 8.28. The normalized spacial score (nSPS) is 16.9. The van der Waals surface area contributed by atoms with Gasteiger partial charge in [0.05, 0.1) is 19.0 Å². The van der Waals surface area contributed by atoms with Crippen molar-refractivity contribution in [1.29, 1.82) is 0 Å². The maximum absolute atomic E-state index is 12.1. The van der Waals surface area contributed by atoms with E-state index in [0.29, 0.717) is 19.1 Å². The fourth-order valence-electron chi connectivity index (χ4n) is 2.22. The van der Waals surface area contributed by atoms with E-state index in [1.807, 2.05) is 18.2 Å². The number of nitrogens with two attached hydrogens (primary N) is 1. The number of halogens is 1. The Kier molecular flexibility index (Phi) is 4.81. The van der Waals surface area contributed by atoms with Crippen LogP contribution in [0.2, 0.25) is 0 Å². The molecule has 0 unspecified atom stereocenters. The number of piperidine rings is 1. The van der Waals surface area contributed by atoms with Gasteiger partial charge in [-0.05, 0) is 25.0 Å². The van der Waals surface area contributed by atoms with Crippen LogP contribution in [0.4, 0.5) is 10.1 Å². The average Bonchev–Trinajstić information content (AvgIpc) is 2.41. The molecular formula is C14H21FN2O. The molecule has 0 amide bonds. The van der Waals surface area contributed by atoms with E-state index in [-0.39, 0.29) is 6.67 Å². The van der Waals surface area contributed by atoms with E-state index in [1.165, 1.54) is 0 Å². The van der Waals surface area contributed by atoms with Crippen molar-refractivity contribution >= 4 is 5.69 Å². The zero-order chi connectivity index (χ0) is 12.8. The first-order valence-corrected chi connectivity index (χ1v) is 6.59. The molecule has 1 saturated heterocycles. The Bertz CT molecular complexity index is 365. The van der Waals surface area contributed by atoms with Crippen molar-refractivity contribution in [3.63, 3.8) is 0 Å². The summed E-state index contributed by atoms with van der Waals surface area (Å²) in [5.74, 6) is 0.849. The van der Waals surface area contributed by atoms with Gasteiger partial charge in [0.1, 0.15) is 5.75 Å². The molecular weight excluding hydrogens is 231 g/mol. The molecule has 0 aliphatic carbocycles. The molecule has 1 aromatic carbocycles. The summed E-state index contributed by atoms with van der Waals surface area (Å²) in [5.41, 5.74) is 7.01. The monoisotopic (exact) mass is 252 g/mol. The fourth-order valence-corrected chi connectivity index (χ4v) is 2.22. The van der Waals surface area contributed by atoms with Crippen LogP contribution in [0.5, 0.6) is 5.75 Å². The summed E-state index contributed by atoms with van der Waals surface area (Å²) in [7, 11) is 0. The second-order valence-electron chi connectivity index (χ2n) is 4.68. The van der Waals surface area contributed by atoms with E-state index in [0.717, 1.165) is 37.4 Å². The van der Waals surface area contributed by atoms with Gasteiger partial charge in [-0.3, -0.25) is 4.39 Å². The van der Waals surface area contributed by atoms with E-state index in [4.69, 9.17) is 10.5 Å². The van der Waals surface area contributed by atoms with Crippen LogP contribution >= 0.6 is 0 Å². The molecule has 0 spiro atoms. The van der Waals surface area contributed by atoms with Gasteiger partial charge in [0, 0.05) is 25.6 Å². The number of benzene rings is 1. The number of hydrogen-bond acceptors (Lipinski definition) is 3. The Hall–Kier alpha value is -1.29. The molecule has 1 aliphatic heterocycles. The zero-order valence-corrected chi connectivity index (χ0v) is 10.6. The van der Waals surface area contributed by atoms with E-state index in [9.17, 15) is 4.39 Å². The molecule has 1 fully saturated rings. The molecule has 2 rings (SSSR count). The number of ether oxygens (including phenoxy) is 1. The summed E-state index contributed by atoms with van der Waals surface area (Å²) >= 11 is 0. The number of anilines is 1. The molecule has 18 heavy (non-hydrogen) atoms. The zero-order valence-electron chi connectivity index (χ0n) is 10.6. The highest BCUT2D eigenvalue weighted by Gasteiger charge is 2.18. The van der Waals surface area contributed by atoms with Gasteiger partial charge < -0.3 is 15.4 Å². The molecule has 0 bridgehead atoms. The van der Waals surface area contributed by atoms with Crippen molar-refractivity contribution in [3.8, 4) is 5.75 Å². The number of rotatable bonds is 5. The SMILES string of the molecule is NC1CCN(c2ccccc2OCCCF)CC1. The number of para-hydroxylation sites is 2. The molecule has 1 aromatic rings. The number of nitrogens with zero attached hydrogens (tertiary/aromatic N) is 1. The predicted molar refractivity (Wildman–Crippen MR) is 72.0 cm³/mol. The summed E-state index contributed by atoms with van der Waals surface area (Å²) in [5, 5.41) is 0. The lowest BCUT2D eigenvalue weighted by Gasteiger charge is -2.33. The van der Waals surface area contributed by atoms with Crippen LogP contribution in [-0.4, -0.2) is 32.4 Å². The first-order chi connectivity index (χ1) is 8.81. The Morgan fingerprint density at radius 3 is 2.72 bits per heavy atom. The molecule has 1 aliphatic rings. The van der Waals surface area contributed by atoms with Crippen molar-refractivity contribution in [2.24, 2.45) is 5.73 Å². The minimum Gasteiger partial charge on any atom is -0.491 e. The summed E-state index contributed by atoms with van der Waals surface area (Å²) in [6.07, 6.45) is 2.47. The molecule has 0 radical (unpaired) electrons. The molecule has 2 N–H and O–H groups in total. The molecule has 4 heteroatoms. The third-order valence-corrected chi connectivity index (χ3v) is 3.28. The quantitative estimate of drug-likeness (QED) is 0.818. The van der Waals surface area contributed by atoms with Crippen molar-refractivity contribution in [2.45, 2.75) is 25.3 Å². The molecule has 100 valence electrons. The maximum atomic E-state index is 12.1. The van der Waals surface area contributed by atoms with Gasteiger partial charge in [0.25, 0.3) is 0 Å². The number of alkyl halides is 1. The van der Waals surface area contributed by atoms with Crippen LogP contribution in [0.25, 0.3) is 0 Å². The highest BCUT2D eigenvalue weighted by molar-refractivity contribution is 5.58. The highest BCUT2D eigenvalue weighted by Crippen LogP contribution is 2.30. The van der Waals surface area contributed by atoms with Gasteiger partial charge in [0.15, 0.2) is 0 Å². The molecule has 0 atom stereocenters. The van der Waals surface area contributed by atoms with Crippen LogP contribution in [0.1, 0.15) is 19.3 Å². The Balaban J connectivity index is 2.02. The van der Waals surface area contributed by atoms with Gasteiger partial charge in [-0.25, -0.2) is 0 Å². The molecule has 1 heterocycles. The van der Waals surface area contributed by atoms with E-state index in [1.54, 1.807) is 0 Å². The van der Waals surface area contributed by atoms with Crippen molar-refractivity contribution in [2.75, 3.05) is 31.3 Å². The van der Waals surface area contributed by atoms with E-state index in [2.05, 4.69) is 11.0 Å². The van der Waals surface area contributed by atoms with Crippen LogP contribution in [0.3, 0.4) is 0 Å². The van der Waals surface area contributed by atoms with Crippen molar-refractivity contribution in [1.82, 2.24) is 0 Å². The van der Waals surface area contributed by atoms with Crippen molar-refractivity contribution in [3.05, 3.63) is 24.3 Å². The third kappa shape index (κ3) is 3.35. The second-order valence-corrected chi connectivity index (χ2v) is 4.68. The molecule has 3 nitrogen and oxygen atoms in total. The van der Waals surface area contributed by atoms with Gasteiger partial charge in [-0.2, -0.15) is 0 Å². The fraction of sp³-hybridized carbons (Fsp3) is 0.571. The van der Waals surface area contributed by atoms with Gasteiger partial charge in [-0.1, -0.05) is 12.1 Å². The first-order valence-electron chi connectivity index (χ1n) is 6.59. The smallest absolute Gasteiger partial charge is 0.142 e. The third-order valence-electron chi connectivity index (χ3n) is 3.28. The van der Waals surface area contributed by atoms with E-state index >= 15 is 0 Å². The summed E-state index contributed by atoms with van der Waals surface area (Å²) in [4.78, 5) is 2.30. The van der Waals surface area contributed by atoms with E-state index < -0.39 is 0 Å².